The smallest absolute Gasteiger partial charge is 0.438 e. The number of hydrogen-bond donors (Lipinski definition) is 1. The third-order valence-electron chi connectivity index (χ3n) is 1.38. The van der Waals surface area contributed by atoms with Crippen LogP contribution in [0.1, 0.15) is 20.8 Å². The van der Waals surface area contributed by atoms with Crippen LogP contribution in [-0.4, -0.2) is 18.9 Å². The van der Waals surface area contributed by atoms with E-state index in [9.17, 15) is 27.3 Å². The Kier molecular flexibility index (Phi) is 5.28. The molecule has 0 unspecified atom stereocenters. The second-order valence-electron chi connectivity index (χ2n) is 3.87. The van der Waals surface area contributed by atoms with Crippen LogP contribution in [-0.2, 0) is 24.2 Å². The maximum Gasteiger partial charge on any atom is 0.438 e. The van der Waals surface area contributed by atoms with Crippen LogP contribution in [0.4, 0.5) is 8.78 Å². The van der Waals surface area contributed by atoms with E-state index in [4.69, 9.17) is 0 Å². The lowest BCUT2D eigenvalue weighted by atomic mass is 9.96. The molecule has 17 heavy (non-hydrogen) atoms. The summed E-state index contributed by atoms with van der Waals surface area (Å²) < 4.78 is 47.9. The molecule has 0 aromatic heterocycles. The molecule has 0 saturated heterocycles. The molecule has 0 radical (unpaired) electrons. The second-order valence-corrected chi connectivity index (χ2v) is 6.67. The molecule has 11 heteroatoms. The third kappa shape index (κ3) is 4.71. The van der Waals surface area contributed by atoms with Crippen LogP contribution in [0.15, 0.2) is 0 Å². The van der Waals surface area contributed by atoms with Crippen molar-refractivity contribution in [2.75, 3.05) is 0 Å². The van der Waals surface area contributed by atoms with Gasteiger partial charge in [0.2, 0.25) is 5.91 Å². The van der Waals surface area contributed by atoms with Gasteiger partial charge in [-0.15, -0.1) is 0 Å². The zero-order chi connectivity index (χ0) is 13.9. The van der Waals surface area contributed by atoms with E-state index in [0.717, 1.165) is 0 Å². The summed E-state index contributed by atoms with van der Waals surface area (Å²) in [5.74, 6) is -1.12. The molecule has 7 nitrogen and oxygen atoms in total. The van der Waals surface area contributed by atoms with Crippen LogP contribution in [0.2, 0.25) is 0 Å². The Balaban J connectivity index is 4.86. The molecule has 1 N–H and O–H groups in total. The van der Waals surface area contributed by atoms with E-state index in [0.29, 0.717) is 0 Å². The normalized spacial score (nSPS) is 13.5. The highest BCUT2D eigenvalue weighted by Crippen LogP contribution is 2.35. The van der Waals surface area contributed by atoms with Crippen molar-refractivity contribution >= 4 is 28.0 Å². The molecule has 0 bridgehead atoms. The van der Waals surface area contributed by atoms with Gasteiger partial charge in [0.05, 0.1) is 0 Å². The van der Waals surface area contributed by atoms with Crippen molar-refractivity contribution in [1.82, 2.24) is 4.72 Å². The van der Waals surface area contributed by atoms with Gasteiger partial charge in [0.15, 0.2) is 0 Å². The van der Waals surface area contributed by atoms with Crippen LogP contribution < -0.4 is 9.98 Å². The molecule has 1 amide bonds. The van der Waals surface area contributed by atoms with Crippen LogP contribution in [0.3, 0.4) is 0 Å². The fraction of sp³-hybridized carbons (Fsp3) is 0.833. The predicted octanol–water partition coefficient (Wildman–Crippen LogP) is -0.0995. The van der Waals surface area contributed by atoms with Gasteiger partial charge in [0, 0.05) is 5.41 Å². The largest absolute Gasteiger partial charge is 0.691 e. The Morgan fingerprint density at radius 3 is 2.18 bits per heavy atom. The van der Waals surface area contributed by atoms with E-state index in [1.165, 1.54) is 25.5 Å². The zero-order valence-corrected chi connectivity index (χ0v) is 10.7. The average Bonchev–Trinajstić information content (AvgIpc) is 2.12. The lowest BCUT2D eigenvalue weighted by molar-refractivity contribution is -0.777. The van der Waals surface area contributed by atoms with Crippen molar-refractivity contribution in [3.63, 3.8) is 0 Å². The Labute approximate surface area is 101 Å². The van der Waals surface area contributed by atoms with Crippen molar-refractivity contribution in [1.29, 1.82) is 0 Å². The van der Waals surface area contributed by atoms with E-state index in [-0.39, 0.29) is 0 Å². The number of carbonyl (C=O) groups is 1. The highest BCUT2D eigenvalue weighted by Gasteiger charge is 2.49. The minimum atomic E-state index is -5.33. The van der Waals surface area contributed by atoms with Gasteiger partial charge in [0.25, 0.3) is 0 Å². The third-order valence-corrected chi connectivity index (χ3v) is 3.64. The molecule has 0 fully saturated rings. The summed E-state index contributed by atoms with van der Waals surface area (Å²) in [7, 11) is -5.33. The summed E-state index contributed by atoms with van der Waals surface area (Å²) in [5, 5.41) is 11.9. The number of carbonyl (C=O) groups excluding carboxylic acids is 1. The van der Waals surface area contributed by atoms with Gasteiger partial charge >= 0.3 is 14.6 Å². The summed E-state index contributed by atoms with van der Waals surface area (Å²) in [6.45, 7) is 4.00. The predicted molar refractivity (Wildman–Crippen MR) is 51.2 cm³/mol. The van der Waals surface area contributed by atoms with Gasteiger partial charge in [-0.05, 0) is 0 Å². The Morgan fingerprint density at radius 2 is 1.82 bits per heavy atom. The van der Waals surface area contributed by atoms with Gasteiger partial charge < -0.3 is 5.26 Å². The van der Waals surface area contributed by atoms with E-state index < -0.39 is 38.0 Å². The van der Waals surface area contributed by atoms with Crippen LogP contribution in [0.5, 0.6) is 0 Å². The van der Waals surface area contributed by atoms with Crippen molar-refractivity contribution in [2.24, 2.45) is 5.41 Å². The number of rotatable bonds is 5. The van der Waals surface area contributed by atoms with Crippen molar-refractivity contribution in [3.05, 3.63) is 0 Å². The standard InChI is InChI=1S/C6H11F2NO6S2/c1-5(2,3)4(10)9-17(12,13)6(7,8)16-15-14-11/h11H,1-3H3,(H,9,10)/p-1. The number of alkyl halides is 2. The van der Waals surface area contributed by atoms with E-state index >= 15 is 0 Å². The number of hydrogen-bond acceptors (Lipinski definition) is 7. The maximum absolute atomic E-state index is 13.0. The van der Waals surface area contributed by atoms with Gasteiger partial charge in [-0.2, -0.15) is 21.5 Å². The van der Waals surface area contributed by atoms with Crippen molar-refractivity contribution < 1.29 is 36.6 Å². The highest BCUT2D eigenvalue weighted by molar-refractivity contribution is 8.11. The Hall–Kier alpha value is -0.490. The Bertz CT molecular complexity index is 376. The minimum absolute atomic E-state index is 1.03. The number of amides is 1. The number of nitrogens with one attached hydrogen (secondary N) is 1. The van der Waals surface area contributed by atoms with E-state index in [1.54, 1.807) is 0 Å². The molecular formula is C6H10F2NO6S2-. The van der Waals surface area contributed by atoms with Gasteiger partial charge in [0.1, 0.15) is 12.0 Å². The fourth-order valence-electron chi connectivity index (χ4n) is 0.433. The molecule has 0 spiro atoms. The molecule has 0 rings (SSSR count). The molecule has 0 atom stereocenters. The lowest BCUT2D eigenvalue weighted by Gasteiger charge is -2.20. The summed E-state index contributed by atoms with van der Waals surface area (Å²) >= 11 is -1.03. The summed E-state index contributed by atoms with van der Waals surface area (Å²) in [6.07, 6.45) is 0. The molecule has 0 aliphatic heterocycles. The molecule has 0 aliphatic carbocycles. The van der Waals surface area contributed by atoms with Gasteiger partial charge in [-0.25, -0.2) is 4.72 Å². The van der Waals surface area contributed by atoms with Crippen LogP contribution >= 0.6 is 12.0 Å². The molecular weight excluding hydrogens is 284 g/mol. The highest BCUT2D eigenvalue weighted by atomic mass is 32.3. The lowest BCUT2D eigenvalue weighted by Crippen LogP contribution is -2.45. The van der Waals surface area contributed by atoms with Crippen LogP contribution in [0.25, 0.3) is 0 Å². The first kappa shape index (κ1) is 16.5. The number of sulfonamides is 1. The summed E-state index contributed by atoms with van der Waals surface area (Å²) in [6, 6.07) is 0. The van der Waals surface area contributed by atoms with Crippen molar-refractivity contribution in [2.45, 2.75) is 25.4 Å². The molecule has 102 valence electrons. The van der Waals surface area contributed by atoms with Crippen molar-refractivity contribution in [3.8, 4) is 0 Å². The topological polar surface area (TPSA) is 105 Å². The summed E-state index contributed by atoms with van der Waals surface area (Å²) in [4.78, 5) is 11.2. The van der Waals surface area contributed by atoms with E-state index in [2.05, 4.69) is 9.37 Å². The second kappa shape index (κ2) is 5.44. The Morgan fingerprint density at radius 1 is 1.35 bits per heavy atom. The van der Waals surface area contributed by atoms with Gasteiger partial charge in [-0.1, -0.05) is 20.8 Å². The SMILES string of the molecule is CC(C)(C)C(=O)NS(=O)(=O)C(F)(F)SOO[O-]. The quantitative estimate of drug-likeness (QED) is 0.429. The monoisotopic (exact) mass is 294 g/mol. The first-order chi connectivity index (χ1) is 7.44. The van der Waals surface area contributed by atoms with E-state index in [1.807, 2.05) is 0 Å². The fourth-order valence-corrected chi connectivity index (χ4v) is 1.78. The molecule has 0 aliphatic rings. The summed E-state index contributed by atoms with van der Waals surface area (Å²) in [5.41, 5.74) is -1.18. The average molecular weight is 294 g/mol. The minimum Gasteiger partial charge on any atom is -0.691 e. The first-order valence-corrected chi connectivity index (χ1v) is 6.25. The van der Waals surface area contributed by atoms with Gasteiger partial charge in [-0.3, -0.25) is 9.83 Å². The molecule has 0 heterocycles. The molecule has 0 aromatic carbocycles. The zero-order valence-electron chi connectivity index (χ0n) is 9.02. The maximum atomic E-state index is 13.0. The first-order valence-electron chi connectivity index (χ1n) is 4.03. The number of halogens is 2. The van der Waals surface area contributed by atoms with Crippen LogP contribution in [0, 0.1) is 5.41 Å². The molecule has 0 saturated carbocycles. The molecule has 0 aromatic rings.